The molecule has 9 heavy (non-hydrogen) atoms. The number of hydrogen-bond acceptors (Lipinski definition) is 1. The van der Waals surface area contributed by atoms with Crippen molar-refractivity contribution in [3.63, 3.8) is 0 Å². The molecule has 1 rings (SSSR count). The second kappa shape index (κ2) is 2.69. The molecule has 0 aliphatic carbocycles. The predicted octanol–water partition coefficient (Wildman–Crippen LogP) is 1.76. The molecule has 1 nitrogen and oxygen atoms in total. The number of carbonyl (C=O) groups excluding carboxylic acids is 1. The summed E-state index contributed by atoms with van der Waals surface area (Å²) in [4.78, 5) is 10.5. The van der Waals surface area contributed by atoms with E-state index >= 15 is 0 Å². The van der Waals surface area contributed by atoms with Crippen LogP contribution in [-0.4, -0.2) is 5.12 Å². The van der Waals surface area contributed by atoms with Gasteiger partial charge >= 0.3 is 0 Å². The van der Waals surface area contributed by atoms with Gasteiger partial charge in [0.25, 0.3) is 0 Å². The van der Waals surface area contributed by atoms with Crippen molar-refractivity contribution in [1.82, 2.24) is 0 Å². The van der Waals surface area contributed by atoms with Crippen molar-refractivity contribution in [2.24, 2.45) is 0 Å². The highest BCUT2D eigenvalue weighted by molar-refractivity contribution is 7.97. The van der Waals surface area contributed by atoms with E-state index in [0.29, 0.717) is 5.56 Å². The molecule has 1 aromatic carbocycles. The maximum absolute atomic E-state index is 10.5. The van der Waals surface area contributed by atoms with Gasteiger partial charge in [0.15, 0.2) is 0 Å². The maximum atomic E-state index is 10.5. The van der Waals surface area contributed by atoms with E-state index in [0.717, 1.165) is 0 Å². The van der Waals surface area contributed by atoms with Crippen LogP contribution in [0.15, 0.2) is 30.3 Å². The Morgan fingerprint density at radius 2 is 1.78 bits per heavy atom. The molecular weight excluding hydrogens is 135 g/mol. The Bertz CT molecular complexity index is 205. The molecule has 0 bridgehead atoms. The third-order valence-corrected chi connectivity index (χ3v) is 1.28. The molecule has 46 valence electrons. The fourth-order valence-corrected chi connectivity index (χ4v) is 0.730. The van der Waals surface area contributed by atoms with Gasteiger partial charge in [-0.3, -0.25) is 4.79 Å². The van der Waals surface area contributed by atoms with E-state index in [4.69, 9.17) is 0 Å². The van der Waals surface area contributed by atoms with Crippen LogP contribution < -0.4 is 0 Å². The molecule has 0 aliphatic rings. The lowest BCUT2D eigenvalue weighted by atomic mass is 10.2. The molecule has 0 N–H and O–H groups in total. The van der Waals surface area contributed by atoms with Crippen LogP contribution in [0.3, 0.4) is 0 Å². The Kier molecular flexibility index (Phi) is 1.90. The summed E-state index contributed by atoms with van der Waals surface area (Å²) >= 11 is 3.65. The van der Waals surface area contributed by atoms with Crippen LogP contribution in [0.2, 0.25) is 0 Å². The number of thiol groups is 1. The van der Waals surface area contributed by atoms with Crippen LogP contribution in [0.5, 0.6) is 0 Å². The van der Waals surface area contributed by atoms with E-state index in [1.807, 2.05) is 18.2 Å². The summed E-state index contributed by atoms with van der Waals surface area (Å²) < 4.78 is 0. The van der Waals surface area contributed by atoms with Crippen LogP contribution in [0.25, 0.3) is 0 Å². The van der Waals surface area contributed by atoms with Crippen LogP contribution in [0, 0.1) is 0 Å². The summed E-state index contributed by atoms with van der Waals surface area (Å²) in [6.45, 7) is 0. The zero-order valence-corrected chi connectivity index (χ0v) is 5.64. The first-order valence-corrected chi connectivity index (χ1v) is 3.04. The summed E-state index contributed by atoms with van der Waals surface area (Å²) in [7, 11) is 0. The predicted molar refractivity (Wildman–Crippen MR) is 39.8 cm³/mol. The van der Waals surface area contributed by atoms with Crippen molar-refractivity contribution in [2.45, 2.75) is 0 Å². The molecule has 0 fully saturated rings. The summed E-state index contributed by atoms with van der Waals surface area (Å²) in [5, 5.41) is -0.185. The van der Waals surface area contributed by atoms with Crippen LogP contribution >= 0.6 is 12.6 Å². The largest absolute Gasteiger partial charge is 0.282 e. The standard InChI is InChI=1S/C7H6OS/c8-7(9)6-4-2-1-3-5-6/h1-5H,(H,8,9)/i9+3. The molecule has 0 unspecified atom stereocenters. The minimum atomic E-state index is -0.185. The molecule has 0 spiro atoms. The average molecular weight is 141 g/mol. The van der Waals surface area contributed by atoms with Crippen molar-refractivity contribution >= 4 is 17.7 Å². The highest BCUT2D eigenvalue weighted by Crippen LogP contribution is 2.00. The van der Waals surface area contributed by atoms with E-state index in [-0.39, 0.29) is 5.12 Å². The molecule has 0 amide bonds. The fraction of sp³-hybridized carbons (Fsp3) is 0. The molecule has 0 heterocycles. The molecule has 0 atom stereocenters. The lowest BCUT2D eigenvalue weighted by Gasteiger charge is -1.88. The van der Waals surface area contributed by atoms with E-state index in [9.17, 15) is 4.79 Å². The van der Waals surface area contributed by atoms with Gasteiger partial charge in [-0.15, -0.1) is 12.6 Å². The van der Waals surface area contributed by atoms with Crippen LogP contribution in [0.1, 0.15) is 10.4 Å². The summed E-state index contributed by atoms with van der Waals surface area (Å²) in [6.07, 6.45) is 0. The fourth-order valence-electron chi connectivity index (χ4n) is 0.581. The second-order valence-electron chi connectivity index (χ2n) is 1.67. The zero-order valence-electron chi connectivity index (χ0n) is 4.74. The Labute approximate surface area is 59.1 Å². The smallest absolute Gasteiger partial charge is 0.216 e. The average Bonchev–Trinajstić information content (AvgIpc) is 1.90. The van der Waals surface area contributed by atoms with Gasteiger partial charge in [-0.1, -0.05) is 30.3 Å². The molecule has 0 saturated carbocycles. The Morgan fingerprint density at radius 3 is 2.11 bits per heavy atom. The number of rotatable bonds is 1. The Balaban J connectivity index is 2.98. The van der Waals surface area contributed by atoms with E-state index in [1.165, 1.54) is 0 Å². The molecule has 0 saturated heterocycles. The topological polar surface area (TPSA) is 17.1 Å². The SMILES string of the molecule is O=C([35SH])c1ccccc1. The van der Waals surface area contributed by atoms with Crippen LogP contribution in [0.4, 0.5) is 0 Å². The molecule has 1 aromatic rings. The monoisotopic (exact) mass is 141 g/mol. The highest BCUT2D eigenvalue weighted by atomic mass is 35.0. The summed E-state index contributed by atoms with van der Waals surface area (Å²) in [5.74, 6) is 0. The molecule has 0 aliphatic heterocycles. The number of hydrogen-bond donors (Lipinski definition) is 1. The first-order chi connectivity index (χ1) is 4.30. The molecule has 0 aromatic heterocycles. The molecule has 0 radical (unpaired) electrons. The van der Waals surface area contributed by atoms with E-state index in [1.54, 1.807) is 12.1 Å². The van der Waals surface area contributed by atoms with Gasteiger partial charge in [0.05, 0.1) is 0 Å². The van der Waals surface area contributed by atoms with Crippen molar-refractivity contribution < 1.29 is 4.79 Å². The van der Waals surface area contributed by atoms with E-state index in [2.05, 4.69) is 12.6 Å². The van der Waals surface area contributed by atoms with Gasteiger partial charge in [-0.25, -0.2) is 0 Å². The van der Waals surface area contributed by atoms with Crippen molar-refractivity contribution in [3.05, 3.63) is 35.9 Å². The highest BCUT2D eigenvalue weighted by Gasteiger charge is 1.94. The van der Waals surface area contributed by atoms with Gasteiger partial charge in [-0.2, -0.15) is 0 Å². The van der Waals surface area contributed by atoms with E-state index < -0.39 is 0 Å². The lowest BCUT2D eigenvalue weighted by Crippen LogP contribution is -1.84. The first-order valence-electron chi connectivity index (χ1n) is 2.59. The van der Waals surface area contributed by atoms with Crippen molar-refractivity contribution in [1.29, 1.82) is 0 Å². The normalized spacial score (nSPS) is 9.00. The lowest BCUT2D eigenvalue weighted by molar-refractivity contribution is 0.109. The van der Waals surface area contributed by atoms with Crippen molar-refractivity contribution in [3.8, 4) is 0 Å². The third-order valence-electron chi connectivity index (χ3n) is 1.02. The Morgan fingerprint density at radius 1 is 1.22 bits per heavy atom. The van der Waals surface area contributed by atoms with Gasteiger partial charge in [0, 0.05) is 5.56 Å². The second-order valence-corrected chi connectivity index (χ2v) is 2.08. The minimum Gasteiger partial charge on any atom is -0.282 e. The van der Waals surface area contributed by atoms with Gasteiger partial charge in [-0.05, 0) is 0 Å². The molecule has 2 heteroatoms. The van der Waals surface area contributed by atoms with Crippen LogP contribution in [-0.2, 0) is 0 Å². The maximum Gasteiger partial charge on any atom is 0.216 e. The van der Waals surface area contributed by atoms with Gasteiger partial charge < -0.3 is 0 Å². The first kappa shape index (κ1) is 6.36. The third kappa shape index (κ3) is 1.57. The minimum absolute atomic E-state index is 0.185. The zero-order chi connectivity index (χ0) is 6.69. The Hall–Kier alpha value is -0.760. The quantitative estimate of drug-likeness (QED) is 0.589. The van der Waals surface area contributed by atoms with Gasteiger partial charge in [0.2, 0.25) is 5.12 Å². The molecular formula is C7H6OS. The van der Waals surface area contributed by atoms with Crippen molar-refractivity contribution in [2.75, 3.05) is 0 Å². The summed E-state index contributed by atoms with van der Waals surface area (Å²) in [6, 6.07) is 8.94. The van der Waals surface area contributed by atoms with Gasteiger partial charge in [0.1, 0.15) is 0 Å². The number of carbonyl (C=O) groups is 1. The summed E-state index contributed by atoms with van der Waals surface area (Å²) in [5.41, 5.74) is 0.640. The number of benzene rings is 1.